The first-order valence-electron chi connectivity index (χ1n) is 10.4. The largest absolute Gasteiger partial charge is 0.497 e. The lowest BCUT2D eigenvalue weighted by Crippen LogP contribution is -2.38. The fourth-order valence-electron chi connectivity index (χ4n) is 3.08. The number of halogens is 1. The van der Waals surface area contributed by atoms with Crippen LogP contribution in [0.4, 0.5) is 0 Å². The van der Waals surface area contributed by atoms with Crippen LogP contribution in [0.1, 0.15) is 37.5 Å². The lowest BCUT2D eigenvalue weighted by atomic mass is 10.1. The normalized spacial score (nSPS) is 11.8. The highest BCUT2D eigenvalue weighted by Gasteiger charge is 2.13. The number of guanidine groups is 1. The number of ether oxygens (including phenoxy) is 1. The lowest BCUT2D eigenvalue weighted by Gasteiger charge is -2.22. The van der Waals surface area contributed by atoms with E-state index in [4.69, 9.17) is 9.73 Å². The van der Waals surface area contributed by atoms with Gasteiger partial charge in [0.15, 0.2) is 5.96 Å². The molecule has 0 bridgehead atoms. The summed E-state index contributed by atoms with van der Waals surface area (Å²) < 4.78 is 32.0. The van der Waals surface area contributed by atoms with Crippen LogP contribution in [-0.2, 0) is 28.9 Å². The van der Waals surface area contributed by atoms with Crippen molar-refractivity contribution in [2.45, 2.75) is 45.7 Å². The van der Waals surface area contributed by atoms with E-state index >= 15 is 0 Å². The number of sulfonamides is 1. The van der Waals surface area contributed by atoms with Crippen molar-refractivity contribution in [3.05, 3.63) is 65.2 Å². The van der Waals surface area contributed by atoms with Gasteiger partial charge in [-0.2, -0.15) is 0 Å². The fraction of sp³-hybridized carbons (Fsp3) is 0.435. The Balaban J connectivity index is 0.00000512. The number of methoxy groups -OCH3 is 1. The van der Waals surface area contributed by atoms with E-state index in [1.54, 1.807) is 7.11 Å². The molecule has 0 spiro atoms. The van der Waals surface area contributed by atoms with Gasteiger partial charge in [0.1, 0.15) is 5.75 Å². The van der Waals surface area contributed by atoms with Gasteiger partial charge in [0.2, 0.25) is 10.0 Å². The summed E-state index contributed by atoms with van der Waals surface area (Å²) in [5, 5.41) is 3.32. The van der Waals surface area contributed by atoms with Crippen molar-refractivity contribution in [2.75, 3.05) is 20.7 Å². The highest BCUT2D eigenvalue weighted by Crippen LogP contribution is 2.13. The standard InChI is InChI=1S/C23H34N4O3S.HI/c1-6-24-23(27(4)16-20-11-13-22(30-5)14-12-20)25-15-19-7-9-21(10-8-19)17-31(28,29)26-18(2)3;/h7-14,18,26H,6,15-17H2,1-5H3,(H,24,25);1H. The number of benzene rings is 2. The second kappa shape index (κ2) is 13.6. The van der Waals surface area contributed by atoms with Crippen LogP contribution in [0.25, 0.3) is 0 Å². The van der Waals surface area contributed by atoms with Crippen LogP contribution in [0.2, 0.25) is 0 Å². The van der Waals surface area contributed by atoms with Gasteiger partial charge in [0.05, 0.1) is 19.4 Å². The predicted octanol–water partition coefficient (Wildman–Crippen LogP) is 3.74. The first-order chi connectivity index (χ1) is 14.7. The smallest absolute Gasteiger partial charge is 0.216 e. The summed E-state index contributed by atoms with van der Waals surface area (Å²) >= 11 is 0. The molecule has 0 fully saturated rings. The molecule has 178 valence electrons. The molecule has 0 aromatic heterocycles. The van der Waals surface area contributed by atoms with Crippen LogP contribution in [0, 0.1) is 0 Å². The van der Waals surface area contributed by atoms with Gasteiger partial charge in [-0.1, -0.05) is 36.4 Å². The van der Waals surface area contributed by atoms with Crippen LogP contribution in [0.3, 0.4) is 0 Å². The van der Waals surface area contributed by atoms with Crippen LogP contribution in [0.15, 0.2) is 53.5 Å². The van der Waals surface area contributed by atoms with Crippen LogP contribution in [-0.4, -0.2) is 46.0 Å². The molecule has 2 rings (SSSR count). The molecule has 0 unspecified atom stereocenters. The zero-order valence-corrected chi connectivity index (χ0v) is 22.6. The van der Waals surface area contributed by atoms with Crippen molar-refractivity contribution in [1.82, 2.24) is 14.9 Å². The maximum atomic E-state index is 12.1. The quantitative estimate of drug-likeness (QED) is 0.257. The van der Waals surface area contributed by atoms with Crippen LogP contribution >= 0.6 is 24.0 Å². The molecule has 0 atom stereocenters. The molecule has 2 aromatic rings. The van der Waals surface area contributed by atoms with Crippen LogP contribution in [0.5, 0.6) is 5.75 Å². The number of hydrogen-bond donors (Lipinski definition) is 2. The molecule has 2 N–H and O–H groups in total. The Morgan fingerprint density at radius 1 is 1.03 bits per heavy atom. The third-order valence-electron chi connectivity index (χ3n) is 4.48. The molecule has 7 nitrogen and oxygen atoms in total. The summed E-state index contributed by atoms with van der Waals surface area (Å²) in [5.41, 5.74) is 2.94. The third kappa shape index (κ3) is 9.74. The Kier molecular flexibility index (Phi) is 12.0. The van der Waals surface area contributed by atoms with Gasteiger partial charge in [-0.3, -0.25) is 0 Å². The average Bonchev–Trinajstić information content (AvgIpc) is 2.71. The van der Waals surface area contributed by atoms with E-state index in [1.165, 1.54) is 0 Å². The van der Waals surface area contributed by atoms with Gasteiger partial charge in [-0.15, -0.1) is 24.0 Å². The summed E-state index contributed by atoms with van der Waals surface area (Å²) in [7, 11) is 0.332. The molecule has 0 saturated heterocycles. The molecule has 32 heavy (non-hydrogen) atoms. The van der Waals surface area contributed by atoms with Gasteiger partial charge < -0.3 is 15.0 Å². The first-order valence-corrected chi connectivity index (χ1v) is 12.1. The van der Waals surface area contributed by atoms with Gasteiger partial charge in [-0.05, 0) is 49.6 Å². The Labute approximate surface area is 209 Å². The number of aliphatic imine (C=N–C) groups is 1. The monoisotopic (exact) mass is 574 g/mol. The van der Waals surface area contributed by atoms with E-state index in [1.807, 2.05) is 76.3 Å². The summed E-state index contributed by atoms with van der Waals surface area (Å²) in [4.78, 5) is 6.81. The summed E-state index contributed by atoms with van der Waals surface area (Å²) in [6, 6.07) is 15.4. The molecule has 2 aromatic carbocycles. The van der Waals surface area contributed by atoms with Gasteiger partial charge >= 0.3 is 0 Å². The van der Waals surface area contributed by atoms with Crippen molar-refractivity contribution in [2.24, 2.45) is 4.99 Å². The summed E-state index contributed by atoms with van der Waals surface area (Å²) in [6.45, 7) is 7.66. The highest BCUT2D eigenvalue weighted by molar-refractivity contribution is 14.0. The fourth-order valence-corrected chi connectivity index (χ4v) is 4.51. The van der Waals surface area contributed by atoms with Crippen molar-refractivity contribution in [3.63, 3.8) is 0 Å². The second-order valence-electron chi connectivity index (χ2n) is 7.72. The molecule has 0 heterocycles. The molecule has 9 heteroatoms. The molecule has 0 aliphatic rings. The summed E-state index contributed by atoms with van der Waals surface area (Å²) in [5.74, 6) is 1.62. The average molecular weight is 575 g/mol. The lowest BCUT2D eigenvalue weighted by molar-refractivity contribution is 0.414. The van der Waals surface area contributed by atoms with Crippen molar-refractivity contribution >= 4 is 40.0 Å². The zero-order chi connectivity index (χ0) is 22.9. The highest BCUT2D eigenvalue weighted by atomic mass is 127. The third-order valence-corrected chi connectivity index (χ3v) is 6.03. The van der Waals surface area contributed by atoms with E-state index in [9.17, 15) is 8.42 Å². The SMILES string of the molecule is CCNC(=NCc1ccc(CS(=O)(=O)NC(C)C)cc1)N(C)Cc1ccc(OC)cc1.I. The molecule has 0 aliphatic heterocycles. The van der Waals surface area contributed by atoms with E-state index in [0.717, 1.165) is 41.5 Å². The number of nitrogens with one attached hydrogen (secondary N) is 2. The minimum Gasteiger partial charge on any atom is -0.497 e. The first kappa shape index (κ1) is 28.2. The molecule has 0 radical (unpaired) electrons. The molecular weight excluding hydrogens is 539 g/mol. The van der Waals surface area contributed by atoms with Crippen molar-refractivity contribution < 1.29 is 13.2 Å². The van der Waals surface area contributed by atoms with E-state index in [2.05, 4.69) is 14.9 Å². The Bertz CT molecular complexity index is 946. The molecular formula is C23H35IN4O3S. The van der Waals surface area contributed by atoms with Gasteiger partial charge in [0.25, 0.3) is 0 Å². The minimum atomic E-state index is -3.33. The number of hydrogen-bond acceptors (Lipinski definition) is 4. The zero-order valence-electron chi connectivity index (χ0n) is 19.5. The minimum absolute atomic E-state index is 0. The topological polar surface area (TPSA) is 83.0 Å². The van der Waals surface area contributed by atoms with Crippen LogP contribution < -0.4 is 14.8 Å². The van der Waals surface area contributed by atoms with E-state index in [-0.39, 0.29) is 35.8 Å². The molecule has 0 amide bonds. The van der Waals surface area contributed by atoms with Gasteiger partial charge in [-0.25, -0.2) is 18.1 Å². The number of nitrogens with zero attached hydrogens (tertiary/aromatic N) is 2. The molecule has 0 saturated carbocycles. The summed E-state index contributed by atoms with van der Waals surface area (Å²) in [6.07, 6.45) is 0. The predicted molar refractivity (Wildman–Crippen MR) is 142 cm³/mol. The van der Waals surface area contributed by atoms with E-state index < -0.39 is 10.0 Å². The van der Waals surface area contributed by atoms with Crippen molar-refractivity contribution in [3.8, 4) is 5.75 Å². The van der Waals surface area contributed by atoms with E-state index in [0.29, 0.717) is 6.54 Å². The Morgan fingerprint density at radius 3 is 2.12 bits per heavy atom. The Hall–Kier alpha value is -1.85. The Morgan fingerprint density at radius 2 is 1.59 bits per heavy atom. The van der Waals surface area contributed by atoms with Gasteiger partial charge in [0, 0.05) is 26.2 Å². The number of rotatable bonds is 10. The maximum Gasteiger partial charge on any atom is 0.216 e. The van der Waals surface area contributed by atoms with Crippen molar-refractivity contribution in [1.29, 1.82) is 0 Å². The second-order valence-corrected chi connectivity index (χ2v) is 9.48. The maximum absolute atomic E-state index is 12.1. The molecule has 0 aliphatic carbocycles.